The molecule has 3 N–H and O–H groups in total. The van der Waals surface area contributed by atoms with Crippen LogP contribution in [0.15, 0.2) is 52.5 Å². The molecule has 0 spiro atoms. The summed E-state index contributed by atoms with van der Waals surface area (Å²) in [6.45, 7) is 1.91. The van der Waals surface area contributed by atoms with Crippen molar-refractivity contribution in [1.29, 1.82) is 0 Å². The zero-order valence-electron chi connectivity index (χ0n) is 15.3. The molecule has 0 bridgehead atoms. The fraction of sp³-hybridized carbons (Fsp3) is 0.150. The minimum absolute atomic E-state index is 0.175. The number of rotatable bonds is 6. The number of aromatic nitrogens is 1. The number of benzene rings is 2. The van der Waals surface area contributed by atoms with Gasteiger partial charge in [-0.3, -0.25) is 9.78 Å². The van der Waals surface area contributed by atoms with Crippen LogP contribution in [0.2, 0.25) is 0 Å². The van der Waals surface area contributed by atoms with E-state index in [2.05, 4.69) is 15.5 Å². The van der Waals surface area contributed by atoms with Crippen LogP contribution in [0.4, 0.5) is 0 Å². The number of nitrogens with zero attached hydrogens (tertiary/aromatic N) is 2. The van der Waals surface area contributed by atoms with Crippen molar-refractivity contribution < 1.29 is 19.7 Å². The molecule has 28 heavy (non-hydrogen) atoms. The van der Waals surface area contributed by atoms with E-state index >= 15 is 0 Å². The molecule has 7 nitrogen and oxygen atoms in total. The van der Waals surface area contributed by atoms with Gasteiger partial charge in [0.2, 0.25) is 5.91 Å². The SMILES string of the molecule is COc1ccc2nc(C)cc(SCC(=O)N/N=C\c3ccc(O)c(O)c3)c2c1. The van der Waals surface area contributed by atoms with Crippen molar-refractivity contribution in [3.8, 4) is 17.2 Å². The molecule has 144 valence electrons. The highest BCUT2D eigenvalue weighted by Gasteiger charge is 2.09. The Morgan fingerprint density at radius 2 is 2.04 bits per heavy atom. The van der Waals surface area contributed by atoms with Gasteiger partial charge in [-0.1, -0.05) is 0 Å². The third kappa shape index (κ3) is 4.72. The van der Waals surface area contributed by atoms with Gasteiger partial charge in [0.15, 0.2) is 11.5 Å². The van der Waals surface area contributed by atoms with Crippen molar-refractivity contribution in [2.24, 2.45) is 5.10 Å². The van der Waals surface area contributed by atoms with Crippen LogP contribution in [0.25, 0.3) is 10.9 Å². The third-order valence-electron chi connectivity index (χ3n) is 3.87. The number of phenols is 2. The Morgan fingerprint density at radius 3 is 2.79 bits per heavy atom. The number of ether oxygens (including phenoxy) is 1. The molecule has 1 heterocycles. The maximum absolute atomic E-state index is 12.1. The molecule has 0 radical (unpaired) electrons. The van der Waals surface area contributed by atoms with Crippen molar-refractivity contribution in [3.05, 3.63) is 53.7 Å². The molecule has 0 fully saturated rings. The van der Waals surface area contributed by atoms with Crippen molar-refractivity contribution in [2.45, 2.75) is 11.8 Å². The van der Waals surface area contributed by atoms with Gasteiger partial charge in [0.25, 0.3) is 0 Å². The summed E-state index contributed by atoms with van der Waals surface area (Å²) in [4.78, 5) is 17.5. The van der Waals surface area contributed by atoms with E-state index in [1.165, 1.54) is 30.1 Å². The van der Waals surface area contributed by atoms with Crippen molar-refractivity contribution in [2.75, 3.05) is 12.9 Å². The summed E-state index contributed by atoms with van der Waals surface area (Å²) >= 11 is 1.39. The lowest BCUT2D eigenvalue weighted by Crippen LogP contribution is -2.19. The van der Waals surface area contributed by atoms with Crippen molar-refractivity contribution >= 4 is 34.8 Å². The summed E-state index contributed by atoms with van der Waals surface area (Å²) in [7, 11) is 1.61. The summed E-state index contributed by atoms with van der Waals surface area (Å²) in [5, 5.41) is 23.5. The number of pyridine rings is 1. The number of carbonyl (C=O) groups excluding carboxylic acids is 1. The maximum Gasteiger partial charge on any atom is 0.250 e. The minimum Gasteiger partial charge on any atom is -0.504 e. The third-order valence-corrected chi connectivity index (χ3v) is 4.92. The van der Waals surface area contributed by atoms with Gasteiger partial charge < -0.3 is 14.9 Å². The summed E-state index contributed by atoms with van der Waals surface area (Å²) in [5.41, 5.74) is 4.70. The van der Waals surface area contributed by atoms with E-state index in [-0.39, 0.29) is 23.2 Å². The van der Waals surface area contributed by atoms with Crippen LogP contribution in [0.3, 0.4) is 0 Å². The van der Waals surface area contributed by atoms with Gasteiger partial charge in [-0.15, -0.1) is 11.8 Å². The largest absolute Gasteiger partial charge is 0.504 e. The summed E-state index contributed by atoms with van der Waals surface area (Å²) in [6, 6.07) is 11.8. The first-order valence-electron chi connectivity index (χ1n) is 8.38. The molecule has 0 saturated heterocycles. The van der Waals surface area contributed by atoms with Gasteiger partial charge in [-0.05, 0) is 55.0 Å². The van der Waals surface area contributed by atoms with Gasteiger partial charge in [0.1, 0.15) is 5.75 Å². The molecular formula is C20H19N3O4S. The number of fused-ring (bicyclic) bond motifs is 1. The predicted molar refractivity (Wildman–Crippen MR) is 109 cm³/mol. The summed E-state index contributed by atoms with van der Waals surface area (Å²) in [6.07, 6.45) is 1.39. The standard InChI is InChI=1S/C20H19N3O4S/c1-12-7-19(15-9-14(27-2)4-5-16(15)22-12)28-11-20(26)23-21-10-13-3-6-17(24)18(25)8-13/h3-10,24-25H,11H2,1-2H3,(H,23,26)/b21-10-. The number of nitrogens with one attached hydrogen (secondary N) is 1. The van der Waals surface area contributed by atoms with Crippen LogP contribution in [-0.4, -0.2) is 40.2 Å². The van der Waals surface area contributed by atoms with Crippen LogP contribution in [0.1, 0.15) is 11.3 Å². The van der Waals surface area contributed by atoms with Gasteiger partial charge >= 0.3 is 0 Å². The Kier molecular flexibility index (Phi) is 6.00. The molecule has 0 unspecified atom stereocenters. The number of aromatic hydroxyl groups is 2. The van der Waals surface area contributed by atoms with Gasteiger partial charge in [0.05, 0.1) is 24.6 Å². The Hall–Kier alpha value is -3.26. The molecule has 3 rings (SSSR count). The Morgan fingerprint density at radius 1 is 1.21 bits per heavy atom. The van der Waals surface area contributed by atoms with E-state index in [1.807, 2.05) is 31.2 Å². The zero-order valence-corrected chi connectivity index (χ0v) is 16.2. The molecule has 0 aliphatic carbocycles. The second-order valence-electron chi connectivity index (χ2n) is 5.97. The molecule has 0 atom stereocenters. The fourth-order valence-corrected chi connectivity index (χ4v) is 3.45. The normalized spacial score (nSPS) is 11.1. The number of methoxy groups -OCH3 is 1. The predicted octanol–water partition coefficient (Wildman–Crippen LogP) is 3.21. The molecule has 1 aromatic heterocycles. The number of amides is 1. The fourth-order valence-electron chi connectivity index (χ4n) is 2.52. The number of carbonyl (C=O) groups is 1. The second kappa shape index (κ2) is 8.62. The minimum atomic E-state index is -0.269. The highest BCUT2D eigenvalue weighted by atomic mass is 32.2. The lowest BCUT2D eigenvalue weighted by molar-refractivity contribution is -0.118. The number of aryl methyl sites for hydroxylation is 1. The quantitative estimate of drug-likeness (QED) is 0.255. The van der Waals surface area contributed by atoms with Gasteiger partial charge in [-0.2, -0.15) is 5.10 Å². The van der Waals surface area contributed by atoms with Crippen LogP contribution in [0, 0.1) is 6.92 Å². The van der Waals surface area contributed by atoms with Gasteiger partial charge in [0, 0.05) is 16.0 Å². The highest BCUT2D eigenvalue weighted by Crippen LogP contribution is 2.30. The molecule has 8 heteroatoms. The number of hydrogen-bond donors (Lipinski definition) is 3. The summed E-state index contributed by atoms with van der Waals surface area (Å²) in [5.74, 6) is 0.171. The van der Waals surface area contributed by atoms with Crippen LogP contribution in [0.5, 0.6) is 17.2 Å². The number of thioether (sulfide) groups is 1. The average Bonchev–Trinajstić information content (AvgIpc) is 2.68. The number of hydrazone groups is 1. The molecule has 2 aromatic carbocycles. The lowest BCUT2D eigenvalue weighted by Gasteiger charge is -2.09. The highest BCUT2D eigenvalue weighted by molar-refractivity contribution is 8.00. The molecule has 0 saturated carbocycles. The number of phenolic OH excluding ortho intramolecular Hbond substituents is 2. The first-order chi connectivity index (χ1) is 13.5. The average molecular weight is 397 g/mol. The van der Waals surface area contributed by atoms with E-state index in [9.17, 15) is 15.0 Å². The molecule has 0 aliphatic heterocycles. The monoisotopic (exact) mass is 397 g/mol. The van der Waals surface area contributed by atoms with E-state index in [4.69, 9.17) is 4.74 Å². The Bertz CT molecular complexity index is 1050. The van der Waals surface area contributed by atoms with Crippen LogP contribution in [-0.2, 0) is 4.79 Å². The van der Waals surface area contributed by atoms with Crippen molar-refractivity contribution in [3.63, 3.8) is 0 Å². The van der Waals surface area contributed by atoms with E-state index in [0.29, 0.717) is 5.56 Å². The van der Waals surface area contributed by atoms with E-state index in [1.54, 1.807) is 13.2 Å². The van der Waals surface area contributed by atoms with Crippen molar-refractivity contribution in [1.82, 2.24) is 10.4 Å². The van der Waals surface area contributed by atoms with Crippen LogP contribution >= 0.6 is 11.8 Å². The molecular weight excluding hydrogens is 378 g/mol. The van der Waals surface area contributed by atoms with E-state index < -0.39 is 0 Å². The van der Waals surface area contributed by atoms with E-state index in [0.717, 1.165) is 27.2 Å². The first kappa shape index (κ1) is 19.5. The molecule has 1 amide bonds. The topological polar surface area (TPSA) is 104 Å². The Balaban J connectivity index is 1.65. The molecule has 3 aromatic rings. The second-order valence-corrected chi connectivity index (χ2v) is 6.99. The smallest absolute Gasteiger partial charge is 0.250 e. The number of hydrogen-bond acceptors (Lipinski definition) is 7. The maximum atomic E-state index is 12.1. The Labute approximate surface area is 166 Å². The molecule has 0 aliphatic rings. The lowest BCUT2D eigenvalue weighted by atomic mass is 10.2. The summed E-state index contributed by atoms with van der Waals surface area (Å²) < 4.78 is 5.28. The zero-order chi connectivity index (χ0) is 20.1. The first-order valence-corrected chi connectivity index (χ1v) is 9.37. The van der Waals surface area contributed by atoms with Gasteiger partial charge in [-0.25, -0.2) is 5.43 Å². The van der Waals surface area contributed by atoms with Crippen LogP contribution < -0.4 is 10.2 Å².